The molecule has 6 nitrogen and oxygen atoms in total. The van der Waals surface area contributed by atoms with Gasteiger partial charge in [0.2, 0.25) is 0 Å². The standard InChI is InChI=1S/C39H70O6/c1-3-5-7-8-9-10-11-12-13-14-15-16-20-23-27-31-38(41)43-34-35(33-40)44-39(42)32-28-24-21-18-17-19-22-26-30-37-36(45-37)29-25-6-4-2/h12-13,22,26,35-37,40H,3-11,14-21,23-25,27-34H2,1-2H3/b13-12-,26-22+/t35-,36?,37?/m0/s1. The molecule has 3 atom stereocenters. The average molecular weight is 635 g/mol. The van der Waals surface area contributed by atoms with Crippen molar-refractivity contribution in [3.8, 4) is 0 Å². The summed E-state index contributed by atoms with van der Waals surface area (Å²) in [4.78, 5) is 24.2. The van der Waals surface area contributed by atoms with Crippen LogP contribution in [0.15, 0.2) is 24.3 Å². The fourth-order valence-corrected chi connectivity index (χ4v) is 5.61. The number of carbonyl (C=O) groups excluding carboxylic acids is 2. The Morgan fingerprint density at radius 2 is 1.11 bits per heavy atom. The Bertz CT molecular complexity index is 748. The van der Waals surface area contributed by atoms with E-state index in [4.69, 9.17) is 14.2 Å². The van der Waals surface area contributed by atoms with Crippen LogP contribution < -0.4 is 0 Å². The zero-order valence-electron chi connectivity index (χ0n) is 29.3. The van der Waals surface area contributed by atoms with E-state index in [9.17, 15) is 14.7 Å². The third-order valence-corrected chi connectivity index (χ3v) is 8.64. The van der Waals surface area contributed by atoms with Crippen molar-refractivity contribution >= 4 is 11.9 Å². The number of aliphatic hydroxyl groups is 1. The summed E-state index contributed by atoms with van der Waals surface area (Å²) in [7, 11) is 0. The molecule has 0 aromatic carbocycles. The molecule has 2 unspecified atom stereocenters. The van der Waals surface area contributed by atoms with Crippen LogP contribution in [0, 0.1) is 0 Å². The third-order valence-electron chi connectivity index (χ3n) is 8.64. The predicted molar refractivity (Wildman–Crippen MR) is 186 cm³/mol. The SMILES string of the molecule is CCCCCCCC/C=C\CCCCCCCC(=O)OC[C@H](CO)OC(=O)CCCCCCC/C=C/CC1OC1CCCCC. The fourth-order valence-electron chi connectivity index (χ4n) is 5.61. The van der Waals surface area contributed by atoms with Crippen LogP contribution in [0.4, 0.5) is 0 Å². The van der Waals surface area contributed by atoms with E-state index in [0.717, 1.165) is 64.2 Å². The summed E-state index contributed by atoms with van der Waals surface area (Å²) in [5.41, 5.74) is 0. The van der Waals surface area contributed by atoms with Gasteiger partial charge in [-0.15, -0.1) is 0 Å². The van der Waals surface area contributed by atoms with Crippen molar-refractivity contribution in [3.63, 3.8) is 0 Å². The van der Waals surface area contributed by atoms with E-state index < -0.39 is 6.10 Å². The van der Waals surface area contributed by atoms with Crippen molar-refractivity contribution in [1.82, 2.24) is 0 Å². The normalized spacial score (nSPS) is 16.9. The van der Waals surface area contributed by atoms with Gasteiger partial charge >= 0.3 is 11.9 Å². The van der Waals surface area contributed by atoms with Crippen LogP contribution >= 0.6 is 0 Å². The first-order valence-corrected chi connectivity index (χ1v) is 19.0. The summed E-state index contributed by atoms with van der Waals surface area (Å²) >= 11 is 0. The zero-order valence-corrected chi connectivity index (χ0v) is 29.3. The fraction of sp³-hybridized carbons (Fsp3) is 0.846. The van der Waals surface area contributed by atoms with Gasteiger partial charge in [-0.25, -0.2) is 0 Å². The van der Waals surface area contributed by atoms with E-state index in [-0.39, 0.29) is 25.2 Å². The molecule has 0 aromatic heterocycles. The molecule has 0 aromatic rings. The molecule has 1 N–H and O–H groups in total. The number of allylic oxidation sites excluding steroid dienone is 3. The van der Waals surface area contributed by atoms with Crippen LogP contribution in [0.5, 0.6) is 0 Å². The molecule has 1 heterocycles. The first kappa shape index (κ1) is 41.4. The number of unbranched alkanes of at least 4 members (excludes halogenated alkanes) is 18. The van der Waals surface area contributed by atoms with Gasteiger partial charge in [0.25, 0.3) is 0 Å². The molecule has 262 valence electrons. The van der Waals surface area contributed by atoms with Gasteiger partial charge in [-0.05, 0) is 64.2 Å². The van der Waals surface area contributed by atoms with Crippen LogP contribution in [0.2, 0.25) is 0 Å². The van der Waals surface area contributed by atoms with Gasteiger partial charge in [0, 0.05) is 12.8 Å². The zero-order chi connectivity index (χ0) is 32.6. The Kier molecular flexibility index (Phi) is 28.5. The second-order valence-electron chi connectivity index (χ2n) is 13.0. The summed E-state index contributed by atoms with van der Waals surface area (Å²) in [5, 5.41) is 9.54. The van der Waals surface area contributed by atoms with Crippen molar-refractivity contribution in [2.45, 2.75) is 199 Å². The topological polar surface area (TPSA) is 85.4 Å². The number of esters is 2. The predicted octanol–water partition coefficient (Wildman–Crippen LogP) is 10.5. The quantitative estimate of drug-likeness (QED) is 0.0335. The lowest BCUT2D eigenvalue weighted by Gasteiger charge is -2.15. The molecule has 0 bridgehead atoms. The number of ether oxygens (including phenoxy) is 3. The minimum absolute atomic E-state index is 0.0773. The van der Waals surface area contributed by atoms with Crippen molar-refractivity contribution in [1.29, 1.82) is 0 Å². The third kappa shape index (κ3) is 27.2. The first-order valence-electron chi connectivity index (χ1n) is 19.0. The van der Waals surface area contributed by atoms with Gasteiger partial charge in [-0.2, -0.15) is 0 Å². The van der Waals surface area contributed by atoms with Crippen LogP contribution in [-0.4, -0.2) is 48.6 Å². The molecule has 1 rings (SSSR count). The monoisotopic (exact) mass is 635 g/mol. The van der Waals surface area contributed by atoms with Crippen molar-refractivity contribution in [2.24, 2.45) is 0 Å². The summed E-state index contributed by atoms with van der Waals surface area (Å²) in [6, 6.07) is 0. The van der Waals surface area contributed by atoms with E-state index in [2.05, 4.69) is 38.2 Å². The van der Waals surface area contributed by atoms with E-state index in [1.165, 1.54) is 89.9 Å². The first-order chi connectivity index (χ1) is 22.1. The lowest BCUT2D eigenvalue weighted by molar-refractivity contribution is -0.161. The van der Waals surface area contributed by atoms with E-state index >= 15 is 0 Å². The van der Waals surface area contributed by atoms with Crippen molar-refractivity contribution in [3.05, 3.63) is 24.3 Å². The molecule has 45 heavy (non-hydrogen) atoms. The van der Waals surface area contributed by atoms with Gasteiger partial charge in [-0.3, -0.25) is 9.59 Å². The van der Waals surface area contributed by atoms with Gasteiger partial charge < -0.3 is 19.3 Å². The smallest absolute Gasteiger partial charge is 0.306 e. The Balaban J connectivity index is 1.89. The van der Waals surface area contributed by atoms with Gasteiger partial charge in [-0.1, -0.05) is 128 Å². The Labute approximate surface area is 277 Å². The maximum atomic E-state index is 12.2. The maximum Gasteiger partial charge on any atom is 0.306 e. The molecule has 0 amide bonds. The second kappa shape index (κ2) is 31.0. The highest BCUT2D eigenvalue weighted by molar-refractivity contribution is 5.70. The van der Waals surface area contributed by atoms with Gasteiger partial charge in [0.15, 0.2) is 6.10 Å². The number of hydrogen-bond donors (Lipinski definition) is 1. The minimum Gasteiger partial charge on any atom is -0.462 e. The lowest BCUT2D eigenvalue weighted by atomic mass is 10.1. The van der Waals surface area contributed by atoms with E-state index in [1.54, 1.807) is 0 Å². The molecule has 1 saturated heterocycles. The second-order valence-corrected chi connectivity index (χ2v) is 13.0. The average Bonchev–Trinajstić information content (AvgIpc) is 3.79. The van der Waals surface area contributed by atoms with Crippen molar-refractivity contribution < 1.29 is 28.9 Å². The molecule has 0 aliphatic carbocycles. The summed E-state index contributed by atoms with van der Waals surface area (Å²) in [6.07, 6.45) is 38.3. The maximum absolute atomic E-state index is 12.2. The highest BCUT2D eigenvalue weighted by Gasteiger charge is 2.36. The lowest BCUT2D eigenvalue weighted by Crippen LogP contribution is -2.28. The Morgan fingerprint density at radius 3 is 1.69 bits per heavy atom. The number of carbonyl (C=O) groups is 2. The number of hydrogen-bond acceptors (Lipinski definition) is 6. The minimum atomic E-state index is -0.782. The molecular weight excluding hydrogens is 564 g/mol. The molecule has 0 radical (unpaired) electrons. The highest BCUT2D eigenvalue weighted by atomic mass is 16.6. The van der Waals surface area contributed by atoms with Crippen molar-refractivity contribution in [2.75, 3.05) is 13.2 Å². The number of epoxide rings is 1. The molecule has 1 aliphatic rings. The molecule has 6 heteroatoms. The van der Waals surface area contributed by atoms with Crippen LogP contribution in [-0.2, 0) is 23.8 Å². The summed E-state index contributed by atoms with van der Waals surface area (Å²) < 4.78 is 16.3. The summed E-state index contributed by atoms with van der Waals surface area (Å²) in [5.74, 6) is -0.620. The number of aliphatic hydroxyl groups excluding tert-OH is 1. The molecule has 1 fully saturated rings. The Hall–Kier alpha value is -1.66. The largest absolute Gasteiger partial charge is 0.462 e. The summed E-state index contributed by atoms with van der Waals surface area (Å²) in [6.45, 7) is 4.07. The van der Waals surface area contributed by atoms with E-state index in [1.807, 2.05) is 0 Å². The van der Waals surface area contributed by atoms with Gasteiger partial charge in [0.1, 0.15) is 6.61 Å². The number of rotatable bonds is 33. The molecule has 0 saturated carbocycles. The van der Waals surface area contributed by atoms with Crippen LogP contribution in [0.1, 0.15) is 181 Å². The van der Waals surface area contributed by atoms with E-state index in [0.29, 0.717) is 25.0 Å². The van der Waals surface area contributed by atoms with Crippen LogP contribution in [0.3, 0.4) is 0 Å². The molecule has 1 aliphatic heterocycles. The van der Waals surface area contributed by atoms with Gasteiger partial charge in [0.05, 0.1) is 18.8 Å². The molecular formula is C39H70O6. The molecule has 0 spiro atoms. The Morgan fingerprint density at radius 1 is 0.622 bits per heavy atom. The highest BCUT2D eigenvalue weighted by Crippen LogP contribution is 2.30. The van der Waals surface area contributed by atoms with Crippen LogP contribution in [0.25, 0.3) is 0 Å².